The van der Waals surface area contributed by atoms with Crippen LogP contribution in [0.5, 0.6) is 0 Å². The number of hydrogen-bond acceptors (Lipinski definition) is 5. The van der Waals surface area contributed by atoms with Gasteiger partial charge in [-0.25, -0.2) is 4.79 Å². The molecule has 0 unspecified atom stereocenters. The molecule has 51 heavy (non-hydrogen) atoms. The Morgan fingerprint density at radius 2 is 1.35 bits per heavy atom. The highest BCUT2D eigenvalue weighted by molar-refractivity contribution is 5.90. The minimum Gasteiger partial charge on any atom is -0.392 e. The van der Waals surface area contributed by atoms with Crippen LogP contribution in [0.1, 0.15) is 85.7 Å². The maximum Gasteiger partial charge on any atom is 0.319 e. The molecule has 0 radical (unpaired) electrons. The van der Waals surface area contributed by atoms with Crippen LogP contribution in [-0.4, -0.2) is 34.2 Å². The summed E-state index contributed by atoms with van der Waals surface area (Å²) >= 11 is 0. The molecule has 7 heteroatoms. The van der Waals surface area contributed by atoms with Crippen LogP contribution in [0.4, 0.5) is 10.5 Å². The number of anilines is 1. The smallest absolute Gasteiger partial charge is 0.319 e. The molecule has 9 rings (SSSR count). The Labute approximate surface area is 302 Å². The second kappa shape index (κ2) is 14.9. The van der Waals surface area contributed by atoms with Gasteiger partial charge in [0.2, 0.25) is 0 Å². The van der Waals surface area contributed by atoms with Gasteiger partial charge in [-0.3, -0.25) is 4.90 Å². The molecule has 1 saturated heterocycles. The van der Waals surface area contributed by atoms with Crippen LogP contribution in [0.25, 0.3) is 0 Å². The van der Waals surface area contributed by atoms with Gasteiger partial charge in [-0.1, -0.05) is 104 Å². The third-order valence-electron chi connectivity index (χ3n) is 11.9. The standard InChI is InChI=1S/C44H51N3O4/c1-30-40(28-47(26-31-9-4-2-5-10-31)27-32-11-6-3-7-12-32)50-42(51-41(30)37-17-15-33(29-48)16-18-37)38-13-8-14-39(22-38)45-43(49)46-44-23-34-19-35(24-44)21-36(20-34)25-44/h2-18,22,30,34-36,40-42,48H,19-21,23-29H2,1H3,(H2,45,46,49)/t30-,34?,35?,36?,40+,41+,42+,44?/m0/s1. The lowest BCUT2D eigenvalue weighted by Crippen LogP contribution is -2.60. The van der Waals surface area contributed by atoms with Gasteiger partial charge in [0.15, 0.2) is 6.29 Å². The van der Waals surface area contributed by atoms with Crippen molar-refractivity contribution in [3.8, 4) is 0 Å². The zero-order valence-corrected chi connectivity index (χ0v) is 29.6. The topological polar surface area (TPSA) is 83.1 Å². The minimum atomic E-state index is -0.628. The van der Waals surface area contributed by atoms with Crippen LogP contribution in [0.15, 0.2) is 109 Å². The summed E-state index contributed by atoms with van der Waals surface area (Å²) < 4.78 is 13.7. The number of rotatable bonds is 11. The molecule has 3 N–H and O–H groups in total. The lowest BCUT2D eigenvalue weighted by atomic mass is 9.53. The fourth-order valence-corrected chi connectivity index (χ4v) is 9.88. The molecule has 4 bridgehead atoms. The lowest BCUT2D eigenvalue weighted by Gasteiger charge is -2.56. The number of carbonyl (C=O) groups excluding carboxylic acids is 1. The van der Waals surface area contributed by atoms with Crippen molar-refractivity contribution in [1.82, 2.24) is 10.2 Å². The first-order valence-electron chi connectivity index (χ1n) is 18.9. The highest BCUT2D eigenvalue weighted by atomic mass is 16.7. The Bertz CT molecular complexity index is 1690. The quantitative estimate of drug-likeness (QED) is 0.147. The number of ether oxygens (including phenoxy) is 2. The van der Waals surface area contributed by atoms with Crippen molar-refractivity contribution >= 4 is 11.7 Å². The number of aliphatic hydroxyl groups is 1. The molecule has 2 amide bonds. The number of carbonyl (C=O) groups is 1. The monoisotopic (exact) mass is 685 g/mol. The van der Waals surface area contributed by atoms with E-state index in [4.69, 9.17) is 9.47 Å². The highest BCUT2D eigenvalue weighted by Crippen LogP contribution is 2.55. The van der Waals surface area contributed by atoms with E-state index in [1.165, 1.54) is 30.4 Å². The predicted molar refractivity (Wildman–Crippen MR) is 199 cm³/mol. The maximum atomic E-state index is 13.5. The van der Waals surface area contributed by atoms with E-state index in [9.17, 15) is 9.90 Å². The molecule has 266 valence electrons. The van der Waals surface area contributed by atoms with Gasteiger partial charge < -0.3 is 25.2 Å². The van der Waals surface area contributed by atoms with Crippen molar-refractivity contribution in [2.75, 3.05) is 11.9 Å². The third-order valence-corrected chi connectivity index (χ3v) is 11.9. The van der Waals surface area contributed by atoms with Crippen molar-refractivity contribution in [1.29, 1.82) is 0 Å². The van der Waals surface area contributed by atoms with E-state index >= 15 is 0 Å². The number of nitrogens with zero attached hydrogens (tertiary/aromatic N) is 1. The summed E-state index contributed by atoms with van der Waals surface area (Å²) in [5.74, 6) is 2.34. The molecular weight excluding hydrogens is 635 g/mol. The average molecular weight is 686 g/mol. The Hall–Kier alpha value is -4.01. The van der Waals surface area contributed by atoms with E-state index in [-0.39, 0.29) is 36.3 Å². The van der Waals surface area contributed by atoms with Gasteiger partial charge >= 0.3 is 6.03 Å². The third kappa shape index (κ3) is 7.92. The molecule has 7 nitrogen and oxygen atoms in total. The van der Waals surface area contributed by atoms with Crippen LogP contribution >= 0.6 is 0 Å². The molecule has 5 fully saturated rings. The van der Waals surface area contributed by atoms with Gasteiger partial charge in [0.25, 0.3) is 0 Å². The first-order valence-corrected chi connectivity index (χ1v) is 18.9. The summed E-state index contributed by atoms with van der Waals surface area (Å²) in [5, 5.41) is 16.3. The number of urea groups is 1. The van der Waals surface area contributed by atoms with Crippen molar-refractivity contribution < 1.29 is 19.4 Å². The first kappa shape index (κ1) is 34.1. The average Bonchev–Trinajstić information content (AvgIpc) is 3.12. The zero-order chi connectivity index (χ0) is 34.8. The van der Waals surface area contributed by atoms with Crippen LogP contribution in [0, 0.1) is 23.7 Å². The van der Waals surface area contributed by atoms with E-state index in [0.717, 1.165) is 72.5 Å². The summed E-state index contributed by atoms with van der Waals surface area (Å²) in [5.41, 5.74) is 5.98. The largest absolute Gasteiger partial charge is 0.392 e. The minimum absolute atomic E-state index is 0.000115. The fourth-order valence-electron chi connectivity index (χ4n) is 9.88. The van der Waals surface area contributed by atoms with Crippen molar-refractivity contribution in [2.45, 2.75) is 89.2 Å². The molecule has 4 aromatic rings. The van der Waals surface area contributed by atoms with Gasteiger partial charge in [-0.15, -0.1) is 0 Å². The molecule has 4 saturated carbocycles. The lowest BCUT2D eigenvalue weighted by molar-refractivity contribution is -0.276. The van der Waals surface area contributed by atoms with Crippen molar-refractivity contribution in [3.05, 3.63) is 137 Å². The normalized spacial score (nSPS) is 29.6. The van der Waals surface area contributed by atoms with Crippen LogP contribution in [0.2, 0.25) is 0 Å². The number of nitrogens with one attached hydrogen (secondary N) is 2. The highest BCUT2D eigenvalue weighted by Gasteiger charge is 2.51. The summed E-state index contributed by atoms with van der Waals surface area (Å²) in [6.45, 7) is 4.51. The molecule has 4 aliphatic carbocycles. The van der Waals surface area contributed by atoms with Gasteiger partial charge in [-0.05, 0) is 90.7 Å². The Balaban J connectivity index is 1.03. The van der Waals surface area contributed by atoms with Crippen LogP contribution in [0.3, 0.4) is 0 Å². The first-order chi connectivity index (χ1) is 24.9. The zero-order valence-electron chi connectivity index (χ0n) is 29.6. The number of amides is 2. The van der Waals surface area contributed by atoms with E-state index in [0.29, 0.717) is 6.54 Å². The predicted octanol–water partition coefficient (Wildman–Crippen LogP) is 8.76. The maximum absolute atomic E-state index is 13.5. The Morgan fingerprint density at radius 3 is 1.94 bits per heavy atom. The van der Waals surface area contributed by atoms with Crippen molar-refractivity contribution in [3.63, 3.8) is 0 Å². The number of hydrogen-bond donors (Lipinski definition) is 3. The molecule has 0 spiro atoms. The molecular formula is C44H51N3O4. The van der Waals surface area contributed by atoms with Crippen LogP contribution < -0.4 is 10.6 Å². The van der Waals surface area contributed by atoms with E-state index in [1.807, 2.05) is 36.4 Å². The van der Waals surface area contributed by atoms with E-state index in [2.05, 4.69) is 95.3 Å². The van der Waals surface area contributed by atoms with Gasteiger partial charge in [-0.2, -0.15) is 0 Å². The SMILES string of the molecule is C[C@H]1[C@@H](CN(Cc2ccccc2)Cc2ccccc2)O[C@@H](c2cccc(NC(=O)NC34CC5CC(CC(C5)C3)C4)c2)O[C@H]1c1ccc(CO)cc1. The van der Waals surface area contributed by atoms with E-state index < -0.39 is 6.29 Å². The number of benzene rings is 4. The Kier molecular flexibility index (Phi) is 9.97. The molecule has 4 aromatic carbocycles. The van der Waals surface area contributed by atoms with Crippen molar-refractivity contribution in [2.24, 2.45) is 23.7 Å². The second-order valence-electron chi connectivity index (χ2n) is 15.9. The van der Waals surface area contributed by atoms with Gasteiger partial charge in [0, 0.05) is 42.3 Å². The molecule has 5 aliphatic rings. The molecule has 0 aromatic heterocycles. The molecule has 1 aliphatic heterocycles. The van der Waals surface area contributed by atoms with Gasteiger partial charge in [0.1, 0.15) is 0 Å². The van der Waals surface area contributed by atoms with E-state index in [1.54, 1.807) is 0 Å². The van der Waals surface area contributed by atoms with Crippen LogP contribution in [-0.2, 0) is 29.2 Å². The molecule has 4 atom stereocenters. The van der Waals surface area contributed by atoms with Gasteiger partial charge in [0.05, 0.1) is 18.8 Å². The fraction of sp³-hybridized carbons (Fsp3) is 0.432. The molecule has 1 heterocycles. The number of aliphatic hydroxyl groups excluding tert-OH is 1. The summed E-state index contributed by atoms with van der Waals surface area (Å²) in [7, 11) is 0. The second-order valence-corrected chi connectivity index (χ2v) is 15.9. The summed E-state index contributed by atoms with van der Waals surface area (Å²) in [4.78, 5) is 15.9. The Morgan fingerprint density at radius 1 is 0.745 bits per heavy atom. The summed E-state index contributed by atoms with van der Waals surface area (Å²) in [6.07, 6.45) is 6.36. The summed E-state index contributed by atoms with van der Waals surface area (Å²) in [6, 6.07) is 37.1.